The molecule has 1 fully saturated rings. The summed E-state index contributed by atoms with van der Waals surface area (Å²) in [6.07, 6.45) is 4.95. The number of hydrogen-bond donors (Lipinski definition) is 0. The minimum Gasteiger partial charge on any atom is -0.342 e. The second kappa shape index (κ2) is 8.97. The lowest BCUT2D eigenvalue weighted by molar-refractivity contribution is -0.122. The number of para-hydroxylation sites is 1. The highest BCUT2D eigenvalue weighted by Crippen LogP contribution is 2.35. The van der Waals surface area contributed by atoms with E-state index in [1.54, 1.807) is 4.90 Å². The Morgan fingerprint density at radius 3 is 2.58 bits per heavy atom. The smallest absolute Gasteiger partial charge is 0.266 e. The summed E-state index contributed by atoms with van der Waals surface area (Å²) in [5.41, 5.74) is 4.42. The van der Waals surface area contributed by atoms with Crippen molar-refractivity contribution in [2.45, 2.75) is 33.7 Å². The molecule has 1 saturated heterocycles. The average Bonchev–Trinajstić information content (AvgIpc) is 3.21. The molecule has 3 aromatic rings. The molecule has 0 spiro atoms. The summed E-state index contributed by atoms with van der Waals surface area (Å²) in [5.74, 6) is 0.0980. The Hall–Kier alpha value is -2.44. The summed E-state index contributed by atoms with van der Waals surface area (Å²) in [6.45, 7) is 7.57. The summed E-state index contributed by atoms with van der Waals surface area (Å²) >= 11 is 6.83. The Labute approximate surface area is 191 Å². The second-order valence-electron chi connectivity index (χ2n) is 8.19. The first-order chi connectivity index (χ1) is 14.9. The molecule has 2 heterocycles. The van der Waals surface area contributed by atoms with Crippen molar-refractivity contribution in [3.63, 3.8) is 0 Å². The minimum absolute atomic E-state index is 0.0187. The molecule has 1 aromatic heterocycles. The van der Waals surface area contributed by atoms with E-state index in [-0.39, 0.29) is 11.7 Å². The number of carbonyl (C=O) groups is 1. The maximum absolute atomic E-state index is 13.3. The van der Waals surface area contributed by atoms with Crippen molar-refractivity contribution in [2.24, 2.45) is 5.92 Å². The molecule has 0 unspecified atom stereocenters. The zero-order valence-electron chi connectivity index (χ0n) is 17.9. The van der Waals surface area contributed by atoms with Gasteiger partial charge in [-0.05, 0) is 41.7 Å². The van der Waals surface area contributed by atoms with E-state index in [2.05, 4.69) is 49.7 Å². The molecule has 2 aromatic carbocycles. The summed E-state index contributed by atoms with van der Waals surface area (Å²) in [5, 5.41) is 1.11. The van der Waals surface area contributed by atoms with E-state index in [4.69, 9.17) is 12.2 Å². The molecule has 0 atom stereocenters. The zero-order valence-corrected chi connectivity index (χ0v) is 19.5. The van der Waals surface area contributed by atoms with Crippen LogP contribution in [0.4, 0.5) is 4.39 Å². The van der Waals surface area contributed by atoms with Gasteiger partial charge in [0, 0.05) is 30.2 Å². The molecule has 6 heteroatoms. The van der Waals surface area contributed by atoms with Crippen molar-refractivity contribution in [2.75, 3.05) is 6.54 Å². The molecule has 0 radical (unpaired) electrons. The maximum Gasteiger partial charge on any atom is 0.266 e. The summed E-state index contributed by atoms with van der Waals surface area (Å²) in [6, 6.07) is 12.9. The standard InChI is InChI=1S/C25H25FN2OS2/c1-4-18-6-5-7-21-19(12-22-24(29)28(13-16(2)3)25(30)31-22)15-27(23(18)21)14-17-8-10-20(26)11-9-17/h5-12,15-16H,4,13-14H2,1-3H3/b22-12-. The molecular weight excluding hydrogens is 427 g/mol. The van der Waals surface area contributed by atoms with Crippen molar-refractivity contribution in [1.82, 2.24) is 9.47 Å². The third kappa shape index (κ3) is 4.46. The first-order valence-electron chi connectivity index (χ1n) is 10.5. The Morgan fingerprint density at radius 2 is 1.90 bits per heavy atom. The number of aromatic nitrogens is 1. The Morgan fingerprint density at radius 1 is 1.16 bits per heavy atom. The zero-order chi connectivity index (χ0) is 22.1. The molecule has 1 aliphatic rings. The van der Waals surface area contributed by atoms with Gasteiger partial charge in [0.05, 0.1) is 10.4 Å². The van der Waals surface area contributed by atoms with Crippen LogP contribution in [0.2, 0.25) is 0 Å². The van der Waals surface area contributed by atoms with Gasteiger partial charge >= 0.3 is 0 Å². The van der Waals surface area contributed by atoms with Crippen LogP contribution in [0.1, 0.15) is 37.5 Å². The fourth-order valence-corrected chi connectivity index (χ4v) is 5.21. The van der Waals surface area contributed by atoms with E-state index in [1.807, 2.05) is 18.2 Å². The van der Waals surface area contributed by atoms with E-state index < -0.39 is 0 Å². The molecule has 160 valence electrons. The van der Waals surface area contributed by atoms with Crippen LogP contribution in [-0.4, -0.2) is 26.2 Å². The second-order valence-corrected chi connectivity index (χ2v) is 9.87. The molecule has 1 aliphatic heterocycles. The Bertz CT molecular complexity index is 1180. The van der Waals surface area contributed by atoms with Gasteiger partial charge in [-0.1, -0.05) is 75.1 Å². The van der Waals surface area contributed by atoms with Crippen LogP contribution < -0.4 is 0 Å². The summed E-state index contributed by atoms with van der Waals surface area (Å²) in [4.78, 5) is 15.3. The first-order valence-corrected chi connectivity index (χ1v) is 11.7. The molecule has 0 saturated carbocycles. The lowest BCUT2D eigenvalue weighted by atomic mass is 10.1. The molecule has 0 bridgehead atoms. The minimum atomic E-state index is -0.237. The highest BCUT2D eigenvalue weighted by atomic mass is 32.2. The molecule has 31 heavy (non-hydrogen) atoms. The summed E-state index contributed by atoms with van der Waals surface area (Å²) < 4.78 is 16.2. The third-order valence-electron chi connectivity index (χ3n) is 5.37. The van der Waals surface area contributed by atoms with Crippen LogP contribution in [0.3, 0.4) is 0 Å². The van der Waals surface area contributed by atoms with Crippen molar-refractivity contribution < 1.29 is 9.18 Å². The highest BCUT2D eigenvalue weighted by molar-refractivity contribution is 8.26. The monoisotopic (exact) mass is 452 g/mol. The largest absolute Gasteiger partial charge is 0.342 e. The molecule has 0 aliphatic carbocycles. The predicted octanol–water partition coefficient (Wildman–Crippen LogP) is 6.25. The van der Waals surface area contributed by atoms with Crippen LogP contribution in [-0.2, 0) is 17.8 Å². The first kappa shape index (κ1) is 21.8. The normalized spacial score (nSPS) is 15.8. The number of fused-ring (bicyclic) bond motifs is 1. The molecule has 0 N–H and O–H groups in total. The lowest BCUT2D eigenvalue weighted by Crippen LogP contribution is -2.31. The number of aryl methyl sites for hydroxylation is 1. The van der Waals surface area contributed by atoms with Gasteiger partial charge in [-0.25, -0.2) is 4.39 Å². The average molecular weight is 453 g/mol. The quantitative estimate of drug-likeness (QED) is 0.327. The maximum atomic E-state index is 13.3. The Balaban J connectivity index is 1.77. The van der Waals surface area contributed by atoms with Crippen LogP contribution in [0.15, 0.2) is 53.6 Å². The third-order valence-corrected chi connectivity index (χ3v) is 6.75. The lowest BCUT2D eigenvalue weighted by Gasteiger charge is -2.16. The van der Waals surface area contributed by atoms with Crippen molar-refractivity contribution in [3.8, 4) is 0 Å². The van der Waals surface area contributed by atoms with E-state index in [0.29, 0.717) is 28.2 Å². The van der Waals surface area contributed by atoms with Crippen molar-refractivity contribution in [1.29, 1.82) is 0 Å². The fraction of sp³-hybridized carbons (Fsp3) is 0.280. The van der Waals surface area contributed by atoms with E-state index >= 15 is 0 Å². The van der Waals surface area contributed by atoms with E-state index in [9.17, 15) is 9.18 Å². The Kier molecular flexibility index (Phi) is 6.30. The highest BCUT2D eigenvalue weighted by Gasteiger charge is 2.32. The van der Waals surface area contributed by atoms with Crippen LogP contribution in [0.25, 0.3) is 17.0 Å². The molecule has 4 rings (SSSR count). The number of carbonyl (C=O) groups excluding carboxylic acids is 1. The van der Waals surface area contributed by atoms with Gasteiger partial charge in [-0.2, -0.15) is 0 Å². The van der Waals surface area contributed by atoms with Crippen molar-refractivity contribution >= 4 is 51.2 Å². The molecule has 3 nitrogen and oxygen atoms in total. The van der Waals surface area contributed by atoms with Crippen molar-refractivity contribution in [3.05, 3.63) is 76.1 Å². The van der Waals surface area contributed by atoms with E-state index in [1.165, 1.54) is 29.5 Å². The molecular formula is C25H25FN2OS2. The number of thioether (sulfide) groups is 1. The van der Waals surface area contributed by atoms with Gasteiger partial charge in [-0.3, -0.25) is 9.69 Å². The van der Waals surface area contributed by atoms with Crippen LogP contribution in [0, 0.1) is 11.7 Å². The number of benzene rings is 2. The SMILES string of the molecule is CCc1cccc2c(/C=C3\SC(=S)N(CC(C)C)C3=O)cn(Cc3ccc(F)cc3)c12. The van der Waals surface area contributed by atoms with Gasteiger partial charge in [-0.15, -0.1) is 0 Å². The number of thiocarbonyl (C=S) groups is 1. The fourth-order valence-electron chi connectivity index (χ4n) is 3.94. The number of halogens is 1. The van der Waals surface area contributed by atoms with Gasteiger partial charge < -0.3 is 4.57 Å². The van der Waals surface area contributed by atoms with Gasteiger partial charge in [0.1, 0.15) is 10.1 Å². The van der Waals surface area contributed by atoms with Gasteiger partial charge in [0.2, 0.25) is 0 Å². The number of rotatable bonds is 6. The van der Waals surface area contributed by atoms with Gasteiger partial charge in [0.15, 0.2) is 0 Å². The number of hydrogen-bond acceptors (Lipinski definition) is 3. The summed E-state index contributed by atoms with van der Waals surface area (Å²) in [7, 11) is 0. The van der Waals surface area contributed by atoms with E-state index in [0.717, 1.165) is 28.5 Å². The molecule has 1 amide bonds. The van der Waals surface area contributed by atoms with Crippen LogP contribution in [0.5, 0.6) is 0 Å². The predicted molar refractivity (Wildman–Crippen MR) is 132 cm³/mol. The topological polar surface area (TPSA) is 25.2 Å². The van der Waals surface area contributed by atoms with Gasteiger partial charge in [0.25, 0.3) is 5.91 Å². The number of amides is 1. The van der Waals surface area contributed by atoms with Crippen LogP contribution >= 0.6 is 24.0 Å². The number of nitrogens with zero attached hydrogens (tertiary/aromatic N) is 2.